The van der Waals surface area contributed by atoms with Gasteiger partial charge >= 0.3 is 10.1 Å². The summed E-state index contributed by atoms with van der Waals surface area (Å²) in [5.41, 5.74) is 6.81. The monoisotopic (exact) mass is 432 g/mol. The number of hydrogen-bond donors (Lipinski definition) is 0. The van der Waals surface area contributed by atoms with Crippen LogP contribution < -0.4 is 4.74 Å². The highest BCUT2D eigenvalue weighted by molar-refractivity contribution is 7.86. The number of para-hydroxylation sites is 1. The van der Waals surface area contributed by atoms with Gasteiger partial charge in [-0.25, -0.2) is 0 Å². The predicted octanol–water partition coefficient (Wildman–Crippen LogP) is 4.53. The molecule has 1 aliphatic rings. The Morgan fingerprint density at radius 2 is 1.65 bits per heavy atom. The molecule has 0 fully saturated rings. The molecule has 6 nitrogen and oxygen atoms in total. The van der Waals surface area contributed by atoms with Crippen molar-refractivity contribution in [2.45, 2.75) is 13.3 Å². The van der Waals surface area contributed by atoms with Crippen LogP contribution >= 0.6 is 0 Å². The molecule has 156 valence electrons. The summed E-state index contributed by atoms with van der Waals surface area (Å²) >= 11 is 0. The minimum Gasteiger partial charge on any atom is -0.495 e. The number of rotatable bonds is 6. The Balaban J connectivity index is 1.85. The normalized spacial score (nSPS) is 12.6. The third-order valence-corrected chi connectivity index (χ3v) is 6.33. The van der Waals surface area contributed by atoms with Crippen molar-refractivity contribution in [2.24, 2.45) is 5.16 Å². The highest BCUT2D eigenvalue weighted by atomic mass is 32.2. The second-order valence-electron chi connectivity index (χ2n) is 7.02. The minimum atomic E-state index is -3.83. The summed E-state index contributed by atoms with van der Waals surface area (Å²) in [5.74, 6) is 0.188. The Kier molecular flexibility index (Phi) is 5.49. The maximum absolute atomic E-state index is 11.7. The first-order chi connectivity index (χ1) is 15.0. The second-order valence-corrected chi connectivity index (χ2v) is 8.87. The fourth-order valence-corrected chi connectivity index (χ4v) is 4.14. The van der Waals surface area contributed by atoms with Gasteiger partial charge in [-0.05, 0) is 47.2 Å². The molecule has 4 rings (SSSR count). The standard InChI is InChI=1S/C24H20N2O4S/c1-3-31(27,28)30-26-23(15-25)21-13-7-12-20(24(21)29-2)19-11-6-10-18-17-9-5-4-8-16(17)14-22(18)19/h4-13H,3,14H2,1-2H3. The van der Waals surface area contributed by atoms with Crippen LogP contribution in [0.2, 0.25) is 0 Å². The van der Waals surface area contributed by atoms with E-state index in [9.17, 15) is 13.7 Å². The van der Waals surface area contributed by atoms with E-state index in [1.807, 2.05) is 36.4 Å². The van der Waals surface area contributed by atoms with Crippen LogP contribution in [0.25, 0.3) is 22.3 Å². The fraction of sp³-hybridized carbons (Fsp3) is 0.167. The third kappa shape index (κ3) is 3.78. The van der Waals surface area contributed by atoms with Crippen molar-refractivity contribution >= 4 is 15.8 Å². The van der Waals surface area contributed by atoms with Crippen LogP contribution in [-0.4, -0.2) is 27.0 Å². The summed E-state index contributed by atoms with van der Waals surface area (Å²) in [6.45, 7) is 1.44. The molecule has 0 unspecified atom stereocenters. The lowest BCUT2D eigenvalue weighted by atomic mass is 9.93. The van der Waals surface area contributed by atoms with Crippen LogP contribution in [0, 0.1) is 11.3 Å². The lowest BCUT2D eigenvalue weighted by molar-refractivity contribution is 0.340. The number of hydrogen-bond acceptors (Lipinski definition) is 6. The Labute approximate surface area is 181 Å². The van der Waals surface area contributed by atoms with Crippen LogP contribution in [0.3, 0.4) is 0 Å². The van der Waals surface area contributed by atoms with Crippen molar-refractivity contribution < 1.29 is 17.4 Å². The number of fused-ring (bicyclic) bond motifs is 3. The Bertz CT molecular complexity index is 1340. The Morgan fingerprint density at radius 3 is 2.35 bits per heavy atom. The molecule has 0 bridgehead atoms. The molecule has 0 heterocycles. The Hall–Kier alpha value is -3.63. The lowest BCUT2D eigenvalue weighted by Gasteiger charge is -2.15. The number of nitriles is 1. The van der Waals surface area contributed by atoms with Crippen LogP contribution in [0.5, 0.6) is 5.75 Å². The van der Waals surface area contributed by atoms with Crippen molar-refractivity contribution in [3.05, 3.63) is 77.4 Å². The van der Waals surface area contributed by atoms with Crippen molar-refractivity contribution in [2.75, 3.05) is 12.9 Å². The quantitative estimate of drug-likeness (QED) is 0.330. The average Bonchev–Trinajstić information content (AvgIpc) is 3.18. The first-order valence-corrected chi connectivity index (χ1v) is 11.3. The van der Waals surface area contributed by atoms with Gasteiger partial charge in [0, 0.05) is 5.56 Å². The Morgan fingerprint density at radius 1 is 1.00 bits per heavy atom. The van der Waals surface area contributed by atoms with E-state index in [1.165, 1.54) is 36.3 Å². The largest absolute Gasteiger partial charge is 0.495 e. The predicted molar refractivity (Wildman–Crippen MR) is 119 cm³/mol. The summed E-state index contributed by atoms with van der Waals surface area (Å²) < 4.78 is 33.6. The van der Waals surface area contributed by atoms with Gasteiger partial charge in [0.2, 0.25) is 0 Å². The van der Waals surface area contributed by atoms with E-state index in [4.69, 9.17) is 4.74 Å². The van der Waals surface area contributed by atoms with Crippen molar-refractivity contribution in [3.8, 4) is 34.1 Å². The molecule has 0 atom stereocenters. The zero-order valence-electron chi connectivity index (χ0n) is 17.1. The van der Waals surface area contributed by atoms with Gasteiger partial charge in [0.05, 0.1) is 18.4 Å². The molecule has 0 saturated carbocycles. The van der Waals surface area contributed by atoms with Gasteiger partial charge in [-0.3, -0.25) is 4.28 Å². The molecule has 0 spiro atoms. The molecule has 0 amide bonds. The first kappa shape index (κ1) is 20.6. The summed E-state index contributed by atoms with van der Waals surface area (Å²) in [6.07, 6.45) is 0.798. The van der Waals surface area contributed by atoms with E-state index in [-0.39, 0.29) is 11.5 Å². The van der Waals surface area contributed by atoms with Gasteiger partial charge in [-0.1, -0.05) is 59.8 Å². The topological polar surface area (TPSA) is 88.8 Å². The van der Waals surface area contributed by atoms with Crippen molar-refractivity contribution in [3.63, 3.8) is 0 Å². The number of methoxy groups -OCH3 is 1. The zero-order valence-corrected chi connectivity index (χ0v) is 17.9. The molecule has 31 heavy (non-hydrogen) atoms. The van der Waals surface area contributed by atoms with Gasteiger partial charge in [0.15, 0.2) is 5.71 Å². The zero-order chi connectivity index (χ0) is 22.0. The highest BCUT2D eigenvalue weighted by Crippen LogP contribution is 2.44. The van der Waals surface area contributed by atoms with Crippen molar-refractivity contribution in [1.82, 2.24) is 0 Å². The van der Waals surface area contributed by atoms with E-state index in [0.717, 1.165) is 17.5 Å². The molecule has 0 radical (unpaired) electrons. The first-order valence-electron chi connectivity index (χ1n) is 9.76. The van der Waals surface area contributed by atoms with Crippen LogP contribution in [0.4, 0.5) is 0 Å². The van der Waals surface area contributed by atoms with E-state index < -0.39 is 10.1 Å². The second kappa shape index (κ2) is 8.25. The SMILES string of the molecule is CCS(=O)(=O)ON=C(C#N)c1cccc(-c2cccc3c2Cc2ccccc2-3)c1OC. The van der Waals surface area contributed by atoms with E-state index >= 15 is 0 Å². The maximum atomic E-state index is 11.7. The summed E-state index contributed by atoms with van der Waals surface area (Å²) in [7, 11) is -2.32. The number of nitrogens with zero attached hydrogens (tertiary/aromatic N) is 2. The van der Waals surface area contributed by atoms with E-state index in [2.05, 4.69) is 27.6 Å². The van der Waals surface area contributed by atoms with E-state index in [1.54, 1.807) is 12.1 Å². The average molecular weight is 433 g/mol. The van der Waals surface area contributed by atoms with Gasteiger partial charge in [-0.2, -0.15) is 13.7 Å². The third-order valence-electron chi connectivity index (χ3n) is 5.32. The molecule has 0 saturated heterocycles. The molecule has 0 aliphatic heterocycles. The van der Waals surface area contributed by atoms with Gasteiger partial charge in [-0.15, -0.1) is 0 Å². The maximum Gasteiger partial charge on any atom is 0.328 e. The van der Waals surface area contributed by atoms with E-state index in [0.29, 0.717) is 11.3 Å². The molecule has 3 aromatic carbocycles. The number of oxime groups is 1. The summed E-state index contributed by atoms with van der Waals surface area (Å²) in [4.78, 5) is 0. The number of ether oxygens (including phenoxy) is 1. The lowest BCUT2D eigenvalue weighted by Crippen LogP contribution is -2.08. The van der Waals surface area contributed by atoms with Gasteiger partial charge in [0.1, 0.15) is 11.8 Å². The fourth-order valence-electron chi connectivity index (χ4n) is 3.84. The summed E-state index contributed by atoms with van der Waals surface area (Å²) in [5, 5.41) is 13.2. The smallest absolute Gasteiger partial charge is 0.328 e. The van der Waals surface area contributed by atoms with Gasteiger partial charge in [0.25, 0.3) is 0 Å². The minimum absolute atomic E-state index is 0.174. The highest BCUT2D eigenvalue weighted by Gasteiger charge is 2.24. The molecular formula is C24H20N2O4S. The van der Waals surface area contributed by atoms with Crippen LogP contribution in [0.15, 0.2) is 65.8 Å². The summed E-state index contributed by atoms with van der Waals surface area (Å²) in [6, 6.07) is 21.7. The molecule has 1 aliphatic carbocycles. The number of benzene rings is 3. The molecular weight excluding hydrogens is 412 g/mol. The van der Waals surface area contributed by atoms with Crippen LogP contribution in [-0.2, 0) is 20.8 Å². The van der Waals surface area contributed by atoms with Crippen molar-refractivity contribution in [1.29, 1.82) is 5.26 Å². The van der Waals surface area contributed by atoms with Crippen LogP contribution in [0.1, 0.15) is 23.6 Å². The molecule has 0 N–H and O–H groups in total. The molecule has 0 aromatic heterocycles. The molecule has 3 aromatic rings. The molecule has 7 heteroatoms. The van der Waals surface area contributed by atoms with Gasteiger partial charge < -0.3 is 4.74 Å².